The van der Waals surface area contributed by atoms with Gasteiger partial charge in [-0.2, -0.15) is 0 Å². The Kier molecular flexibility index (Phi) is 3.22. The zero-order valence-electron chi connectivity index (χ0n) is 9.65. The molecule has 0 saturated heterocycles. The van der Waals surface area contributed by atoms with Gasteiger partial charge in [-0.05, 0) is 30.9 Å². The van der Waals surface area contributed by atoms with Crippen molar-refractivity contribution in [3.05, 3.63) is 23.3 Å². The van der Waals surface area contributed by atoms with E-state index < -0.39 is 5.97 Å². The molecule has 1 saturated carbocycles. The average molecular weight is 235 g/mol. The third-order valence-corrected chi connectivity index (χ3v) is 3.49. The van der Waals surface area contributed by atoms with E-state index in [4.69, 9.17) is 10.8 Å². The van der Waals surface area contributed by atoms with Gasteiger partial charge in [-0.1, -0.05) is 19.3 Å². The van der Waals surface area contributed by atoms with Crippen molar-refractivity contribution >= 4 is 11.7 Å². The molecule has 17 heavy (non-hydrogen) atoms. The molecule has 2 rings (SSSR count). The van der Waals surface area contributed by atoms with Crippen LogP contribution in [-0.4, -0.2) is 16.2 Å². The Morgan fingerprint density at radius 2 is 1.88 bits per heavy atom. The summed E-state index contributed by atoms with van der Waals surface area (Å²) < 4.78 is 0. The normalized spacial score (nSPS) is 16.9. The summed E-state index contributed by atoms with van der Waals surface area (Å²) in [5.74, 6) is -1.06. The zero-order valence-corrected chi connectivity index (χ0v) is 9.65. The van der Waals surface area contributed by atoms with Crippen molar-refractivity contribution in [1.82, 2.24) is 0 Å². The molecule has 0 unspecified atom stereocenters. The first kappa shape index (κ1) is 11.8. The Labute approximate surface area is 100 Å². The number of nitrogens with two attached hydrogens (primary N) is 1. The molecular formula is C13H17NO3. The minimum atomic E-state index is -1.11. The van der Waals surface area contributed by atoms with Crippen LogP contribution in [0.1, 0.15) is 53.9 Å². The second-order valence-electron chi connectivity index (χ2n) is 4.60. The Morgan fingerprint density at radius 3 is 2.47 bits per heavy atom. The van der Waals surface area contributed by atoms with E-state index in [1.165, 1.54) is 12.5 Å². The maximum atomic E-state index is 11.0. The van der Waals surface area contributed by atoms with Gasteiger partial charge in [0.1, 0.15) is 11.3 Å². The van der Waals surface area contributed by atoms with Gasteiger partial charge in [-0.25, -0.2) is 4.79 Å². The summed E-state index contributed by atoms with van der Waals surface area (Å²) in [6.45, 7) is 0. The van der Waals surface area contributed by atoms with Crippen molar-refractivity contribution in [3.8, 4) is 5.75 Å². The third kappa shape index (κ3) is 2.20. The first-order valence-corrected chi connectivity index (χ1v) is 5.96. The topological polar surface area (TPSA) is 83.6 Å². The number of hydrogen-bond acceptors (Lipinski definition) is 3. The number of hydrogen-bond donors (Lipinski definition) is 3. The highest BCUT2D eigenvalue weighted by atomic mass is 16.4. The number of phenols is 1. The Hall–Kier alpha value is -1.71. The van der Waals surface area contributed by atoms with Crippen molar-refractivity contribution in [2.24, 2.45) is 0 Å². The molecule has 4 N–H and O–H groups in total. The second-order valence-corrected chi connectivity index (χ2v) is 4.60. The Balaban J connectivity index is 2.43. The van der Waals surface area contributed by atoms with Gasteiger partial charge in [0.25, 0.3) is 0 Å². The van der Waals surface area contributed by atoms with Crippen LogP contribution in [0.2, 0.25) is 0 Å². The summed E-state index contributed by atoms with van der Waals surface area (Å²) in [5.41, 5.74) is 6.94. The van der Waals surface area contributed by atoms with Crippen molar-refractivity contribution < 1.29 is 15.0 Å². The van der Waals surface area contributed by atoms with Gasteiger partial charge >= 0.3 is 5.97 Å². The summed E-state index contributed by atoms with van der Waals surface area (Å²) in [4.78, 5) is 11.0. The van der Waals surface area contributed by atoms with E-state index in [1.807, 2.05) is 0 Å². The summed E-state index contributed by atoms with van der Waals surface area (Å²) in [6, 6.07) is 2.94. The number of aromatic hydroxyl groups is 1. The number of anilines is 1. The van der Waals surface area contributed by atoms with E-state index in [2.05, 4.69) is 0 Å². The van der Waals surface area contributed by atoms with Crippen LogP contribution in [0, 0.1) is 0 Å². The molecule has 1 aliphatic carbocycles. The number of carbonyl (C=O) groups is 1. The van der Waals surface area contributed by atoms with E-state index in [1.54, 1.807) is 6.07 Å². The highest BCUT2D eigenvalue weighted by Gasteiger charge is 2.24. The van der Waals surface area contributed by atoms with Gasteiger partial charge in [-0.3, -0.25) is 0 Å². The monoisotopic (exact) mass is 235 g/mol. The van der Waals surface area contributed by atoms with Crippen LogP contribution in [0.3, 0.4) is 0 Å². The van der Waals surface area contributed by atoms with Gasteiger partial charge in [0, 0.05) is 11.3 Å². The minimum Gasteiger partial charge on any atom is -0.507 e. The first-order chi connectivity index (χ1) is 8.11. The predicted octanol–water partition coefficient (Wildman–Crippen LogP) is 2.72. The van der Waals surface area contributed by atoms with Crippen LogP contribution in [0.15, 0.2) is 12.1 Å². The lowest BCUT2D eigenvalue weighted by Crippen LogP contribution is -2.10. The Morgan fingerprint density at radius 1 is 1.24 bits per heavy atom. The Bertz CT molecular complexity index is 437. The lowest BCUT2D eigenvalue weighted by Gasteiger charge is -2.24. The summed E-state index contributed by atoms with van der Waals surface area (Å²) in [7, 11) is 0. The van der Waals surface area contributed by atoms with Gasteiger partial charge < -0.3 is 15.9 Å². The maximum Gasteiger partial charge on any atom is 0.339 e. The molecular weight excluding hydrogens is 218 g/mol. The smallest absolute Gasteiger partial charge is 0.339 e. The van der Waals surface area contributed by atoms with E-state index in [-0.39, 0.29) is 17.2 Å². The van der Waals surface area contributed by atoms with E-state index in [0.29, 0.717) is 11.3 Å². The van der Waals surface area contributed by atoms with E-state index in [9.17, 15) is 9.90 Å². The van der Waals surface area contributed by atoms with Crippen LogP contribution in [0.4, 0.5) is 5.69 Å². The standard InChI is InChI=1S/C13H17NO3/c14-10-7-6-9(13(16)17)12(15)11(10)8-4-2-1-3-5-8/h6-8,15H,1-5,14H2,(H,16,17). The van der Waals surface area contributed by atoms with Gasteiger partial charge in [-0.15, -0.1) is 0 Å². The summed E-state index contributed by atoms with van der Waals surface area (Å²) in [6.07, 6.45) is 5.37. The molecule has 1 aromatic carbocycles. The molecule has 0 spiro atoms. The highest BCUT2D eigenvalue weighted by molar-refractivity contribution is 5.92. The van der Waals surface area contributed by atoms with Gasteiger partial charge in [0.2, 0.25) is 0 Å². The van der Waals surface area contributed by atoms with E-state index >= 15 is 0 Å². The summed E-state index contributed by atoms with van der Waals surface area (Å²) in [5, 5.41) is 19.0. The molecule has 0 radical (unpaired) electrons. The van der Waals surface area contributed by atoms with Gasteiger partial charge in [0.15, 0.2) is 0 Å². The fourth-order valence-corrected chi connectivity index (χ4v) is 2.62. The molecule has 92 valence electrons. The SMILES string of the molecule is Nc1ccc(C(=O)O)c(O)c1C1CCCCC1. The first-order valence-electron chi connectivity index (χ1n) is 5.96. The molecule has 4 heteroatoms. The lowest BCUT2D eigenvalue weighted by atomic mass is 9.82. The molecule has 0 amide bonds. The van der Waals surface area contributed by atoms with Crippen molar-refractivity contribution in [2.75, 3.05) is 5.73 Å². The van der Waals surface area contributed by atoms with Crippen LogP contribution in [-0.2, 0) is 0 Å². The number of rotatable bonds is 2. The second kappa shape index (κ2) is 4.65. The molecule has 0 aliphatic heterocycles. The molecule has 1 aliphatic rings. The molecule has 0 aromatic heterocycles. The van der Waals surface area contributed by atoms with Crippen molar-refractivity contribution in [1.29, 1.82) is 0 Å². The van der Waals surface area contributed by atoms with Gasteiger partial charge in [0.05, 0.1) is 0 Å². The van der Waals surface area contributed by atoms with Crippen molar-refractivity contribution in [3.63, 3.8) is 0 Å². The molecule has 0 heterocycles. The third-order valence-electron chi connectivity index (χ3n) is 3.49. The van der Waals surface area contributed by atoms with Crippen LogP contribution in [0.25, 0.3) is 0 Å². The number of nitrogen functional groups attached to an aromatic ring is 1. The molecule has 0 atom stereocenters. The molecule has 4 nitrogen and oxygen atoms in total. The van der Waals surface area contributed by atoms with Crippen molar-refractivity contribution in [2.45, 2.75) is 38.0 Å². The fraction of sp³-hybridized carbons (Fsp3) is 0.462. The largest absolute Gasteiger partial charge is 0.507 e. The quantitative estimate of drug-likeness (QED) is 0.688. The zero-order chi connectivity index (χ0) is 12.4. The predicted molar refractivity (Wildman–Crippen MR) is 65.3 cm³/mol. The van der Waals surface area contributed by atoms with Crippen LogP contribution in [0.5, 0.6) is 5.75 Å². The van der Waals surface area contributed by atoms with Crippen LogP contribution < -0.4 is 5.73 Å². The lowest BCUT2D eigenvalue weighted by molar-refractivity contribution is 0.0693. The number of carboxylic acid groups (broad SMARTS) is 1. The molecule has 1 fully saturated rings. The maximum absolute atomic E-state index is 11.0. The number of benzene rings is 1. The molecule has 1 aromatic rings. The average Bonchev–Trinajstić information content (AvgIpc) is 2.30. The molecule has 0 bridgehead atoms. The van der Waals surface area contributed by atoms with E-state index in [0.717, 1.165) is 25.7 Å². The minimum absolute atomic E-state index is 0.0558. The highest BCUT2D eigenvalue weighted by Crippen LogP contribution is 2.41. The number of aromatic carboxylic acids is 1. The van der Waals surface area contributed by atoms with Crippen LogP contribution >= 0.6 is 0 Å². The summed E-state index contributed by atoms with van der Waals surface area (Å²) >= 11 is 0. The fourth-order valence-electron chi connectivity index (χ4n) is 2.62. The number of carboxylic acids is 1.